The predicted octanol–water partition coefficient (Wildman–Crippen LogP) is 1.96. The van der Waals surface area contributed by atoms with Crippen LogP contribution in [-0.2, 0) is 13.5 Å². The maximum absolute atomic E-state index is 13.2. The fraction of sp³-hybridized carbons (Fsp3) is 0.462. The summed E-state index contributed by atoms with van der Waals surface area (Å²) in [4.78, 5) is 4.59. The largest absolute Gasteiger partial charge is 0.331 e. The second-order valence-electron chi connectivity index (χ2n) is 4.65. The number of nitrogens with one attached hydrogen (secondary N) is 1. The van der Waals surface area contributed by atoms with Gasteiger partial charge in [-0.2, -0.15) is 11.8 Å². The first-order valence-electron chi connectivity index (χ1n) is 6.16. The number of benzene rings is 1. The number of imidazole rings is 1. The number of fused-ring (bicyclic) bond motifs is 1. The normalized spacial score (nSPS) is 20.4. The molecule has 0 amide bonds. The van der Waals surface area contributed by atoms with E-state index in [2.05, 4.69) is 10.3 Å². The molecule has 0 bridgehead atoms. The zero-order chi connectivity index (χ0) is 12.5. The van der Waals surface area contributed by atoms with E-state index in [0.29, 0.717) is 6.04 Å². The lowest BCUT2D eigenvalue weighted by atomic mass is 10.2. The van der Waals surface area contributed by atoms with Gasteiger partial charge >= 0.3 is 0 Å². The fourth-order valence-electron chi connectivity index (χ4n) is 2.37. The van der Waals surface area contributed by atoms with Crippen molar-refractivity contribution in [2.75, 3.05) is 18.1 Å². The minimum absolute atomic E-state index is 0.205. The quantitative estimate of drug-likeness (QED) is 0.900. The zero-order valence-corrected chi connectivity index (χ0v) is 11.1. The molecule has 1 aromatic heterocycles. The minimum Gasteiger partial charge on any atom is -0.331 e. The molecule has 5 heteroatoms. The first-order chi connectivity index (χ1) is 8.74. The summed E-state index contributed by atoms with van der Waals surface area (Å²) < 4.78 is 15.2. The molecule has 2 heterocycles. The highest BCUT2D eigenvalue weighted by Gasteiger charge is 2.17. The van der Waals surface area contributed by atoms with Gasteiger partial charge in [-0.3, -0.25) is 0 Å². The Morgan fingerprint density at radius 1 is 1.56 bits per heavy atom. The molecule has 0 spiro atoms. The van der Waals surface area contributed by atoms with E-state index in [1.54, 1.807) is 12.1 Å². The van der Waals surface area contributed by atoms with E-state index >= 15 is 0 Å². The SMILES string of the molecule is Cn1c(CC2CSCCN2)nc2ccc(F)cc21. The second-order valence-corrected chi connectivity index (χ2v) is 5.80. The topological polar surface area (TPSA) is 29.9 Å². The number of thioether (sulfide) groups is 1. The molecule has 2 aromatic rings. The van der Waals surface area contributed by atoms with Crippen LogP contribution < -0.4 is 5.32 Å². The fourth-order valence-corrected chi connectivity index (χ4v) is 3.32. The first kappa shape index (κ1) is 12.0. The summed E-state index contributed by atoms with van der Waals surface area (Å²) in [6, 6.07) is 5.24. The Balaban J connectivity index is 1.89. The van der Waals surface area contributed by atoms with E-state index < -0.39 is 0 Å². The minimum atomic E-state index is -0.205. The molecule has 1 aromatic carbocycles. The van der Waals surface area contributed by atoms with Crippen LogP contribution in [0.4, 0.5) is 4.39 Å². The van der Waals surface area contributed by atoms with E-state index in [0.717, 1.165) is 35.6 Å². The predicted molar refractivity (Wildman–Crippen MR) is 73.5 cm³/mol. The lowest BCUT2D eigenvalue weighted by molar-refractivity contribution is 0.543. The van der Waals surface area contributed by atoms with Gasteiger partial charge < -0.3 is 9.88 Å². The number of aryl methyl sites for hydroxylation is 1. The molecule has 18 heavy (non-hydrogen) atoms. The Bertz CT molecular complexity index is 561. The highest BCUT2D eigenvalue weighted by Crippen LogP contribution is 2.18. The molecule has 1 N–H and O–H groups in total. The summed E-state index contributed by atoms with van der Waals surface area (Å²) in [6.45, 7) is 1.06. The summed E-state index contributed by atoms with van der Waals surface area (Å²) in [5.41, 5.74) is 1.74. The number of hydrogen-bond donors (Lipinski definition) is 1. The van der Waals surface area contributed by atoms with Crippen LogP contribution in [0.1, 0.15) is 5.82 Å². The van der Waals surface area contributed by atoms with Crippen LogP contribution in [0.2, 0.25) is 0 Å². The average Bonchev–Trinajstić information content (AvgIpc) is 2.68. The number of rotatable bonds is 2. The number of nitrogens with zero attached hydrogens (tertiary/aromatic N) is 2. The standard InChI is InChI=1S/C13H16FN3S/c1-17-12-6-9(14)2-3-11(12)16-13(17)7-10-8-18-5-4-15-10/h2-3,6,10,15H,4-5,7-8H2,1H3. The smallest absolute Gasteiger partial charge is 0.125 e. The molecule has 96 valence electrons. The summed E-state index contributed by atoms with van der Waals surface area (Å²) in [6.07, 6.45) is 0.903. The van der Waals surface area contributed by atoms with Gasteiger partial charge in [0.15, 0.2) is 0 Å². The highest BCUT2D eigenvalue weighted by atomic mass is 32.2. The van der Waals surface area contributed by atoms with Gasteiger partial charge in [0.1, 0.15) is 11.6 Å². The third kappa shape index (κ3) is 2.24. The third-order valence-corrected chi connectivity index (χ3v) is 4.49. The average molecular weight is 265 g/mol. The highest BCUT2D eigenvalue weighted by molar-refractivity contribution is 7.99. The van der Waals surface area contributed by atoms with E-state index in [1.165, 1.54) is 11.8 Å². The molecule has 1 unspecified atom stereocenters. The van der Waals surface area contributed by atoms with Gasteiger partial charge in [-0.1, -0.05) is 0 Å². The number of halogens is 1. The van der Waals surface area contributed by atoms with Crippen molar-refractivity contribution in [3.63, 3.8) is 0 Å². The monoisotopic (exact) mass is 265 g/mol. The maximum Gasteiger partial charge on any atom is 0.125 e. The van der Waals surface area contributed by atoms with Crippen molar-refractivity contribution < 1.29 is 4.39 Å². The van der Waals surface area contributed by atoms with Crippen molar-refractivity contribution in [3.05, 3.63) is 29.8 Å². The maximum atomic E-state index is 13.2. The van der Waals surface area contributed by atoms with Gasteiger partial charge in [-0.05, 0) is 18.2 Å². The molecule has 0 radical (unpaired) electrons. The van der Waals surface area contributed by atoms with Gasteiger partial charge in [0, 0.05) is 37.6 Å². The van der Waals surface area contributed by atoms with Crippen LogP contribution in [-0.4, -0.2) is 33.6 Å². The molecule has 1 atom stereocenters. The molecular weight excluding hydrogens is 249 g/mol. The van der Waals surface area contributed by atoms with Crippen molar-refractivity contribution in [1.29, 1.82) is 0 Å². The number of hydrogen-bond acceptors (Lipinski definition) is 3. The third-order valence-electron chi connectivity index (χ3n) is 3.36. The van der Waals surface area contributed by atoms with Crippen molar-refractivity contribution in [2.24, 2.45) is 7.05 Å². The zero-order valence-electron chi connectivity index (χ0n) is 10.3. The molecule has 1 aliphatic heterocycles. The summed E-state index contributed by atoms with van der Waals surface area (Å²) in [5, 5.41) is 3.50. The van der Waals surface area contributed by atoms with Crippen LogP contribution >= 0.6 is 11.8 Å². The Kier molecular flexibility index (Phi) is 3.26. The summed E-state index contributed by atoms with van der Waals surface area (Å²) >= 11 is 1.98. The lowest BCUT2D eigenvalue weighted by Gasteiger charge is -2.22. The molecular formula is C13H16FN3S. The molecule has 3 rings (SSSR count). The first-order valence-corrected chi connectivity index (χ1v) is 7.31. The van der Waals surface area contributed by atoms with Gasteiger partial charge in [0.2, 0.25) is 0 Å². The Morgan fingerprint density at radius 3 is 3.22 bits per heavy atom. The molecule has 1 fully saturated rings. The van der Waals surface area contributed by atoms with Crippen molar-refractivity contribution >= 4 is 22.8 Å². The Hall–Kier alpha value is -1.07. The van der Waals surface area contributed by atoms with Crippen molar-refractivity contribution in [3.8, 4) is 0 Å². The van der Waals surface area contributed by atoms with Gasteiger partial charge in [0.25, 0.3) is 0 Å². The van der Waals surface area contributed by atoms with Gasteiger partial charge in [0.05, 0.1) is 11.0 Å². The van der Waals surface area contributed by atoms with Gasteiger partial charge in [-0.15, -0.1) is 0 Å². The van der Waals surface area contributed by atoms with Crippen LogP contribution in [0, 0.1) is 5.82 Å². The Labute approximate surface area is 110 Å². The summed E-state index contributed by atoms with van der Waals surface area (Å²) in [7, 11) is 1.96. The van der Waals surface area contributed by atoms with Crippen LogP contribution in [0.15, 0.2) is 18.2 Å². The number of aromatic nitrogens is 2. The second kappa shape index (κ2) is 4.90. The van der Waals surface area contributed by atoms with Crippen LogP contribution in [0.5, 0.6) is 0 Å². The molecule has 0 aliphatic carbocycles. The van der Waals surface area contributed by atoms with E-state index in [1.807, 2.05) is 23.4 Å². The van der Waals surface area contributed by atoms with Crippen molar-refractivity contribution in [2.45, 2.75) is 12.5 Å². The molecule has 3 nitrogen and oxygen atoms in total. The molecule has 0 saturated carbocycles. The van der Waals surface area contributed by atoms with Crippen molar-refractivity contribution in [1.82, 2.24) is 14.9 Å². The van der Waals surface area contributed by atoms with Crippen LogP contribution in [0.25, 0.3) is 11.0 Å². The Morgan fingerprint density at radius 2 is 2.44 bits per heavy atom. The van der Waals surface area contributed by atoms with E-state index in [-0.39, 0.29) is 5.82 Å². The molecule has 1 aliphatic rings. The van der Waals surface area contributed by atoms with Crippen LogP contribution in [0.3, 0.4) is 0 Å². The van der Waals surface area contributed by atoms with E-state index in [4.69, 9.17) is 0 Å². The molecule has 1 saturated heterocycles. The van der Waals surface area contributed by atoms with Gasteiger partial charge in [-0.25, -0.2) is 9.37 Å². The lowest BCUT2D eigenvalue weighted by Crippen LogP contribution is -2.39. The summed E-state index contributed by atoms with van der Waals surface area (Å²) in [5.74, 6) is 3.13. The van der Waals surface area contributed by atoms with E-state index in [9.17, 15) is 4.39 Å².